The summed E-state index contributed by atoms with van der Waals surface area (Å²) in [4.78, 5) is 7.99. The summed E-state index contributed by atoms with van der Waals surface area (Å²) in [7, 11) is 0. The van der Waals surface area contributed by atoms with Crippen molar-refractivity contribution in [2.75, 3.05) is 0 Å². The number of aryl methyl sites for hydroxylation is 2. The van der Waals surface area contributed by atoms with E-state index < -0.39 is 0 Å². The Morgan fingerprint density at radius 2 is 1.88 bits per heavy atom. The SMILES string of the molecule is Cc1cc(C)c(C)c(Oc2cncc(Cl)n2)c1. The van der Waals surface area contributed by atoms with Crippen molar-refractivity contribution in [3.8, 4) is 11.6 Å². The van der Waals surface area contributed by atoms with Crippen LogP contribution in [0.5, 0.6) is 11.6 Å². The fourth-order valence-corrected chi connectivity index (χ4v) is 1.73. The van der Waals surface area contributed by atoms with Gasteiger partial charge < -0.3 is 4.74 Å². The molecule has 0 atom stereocenters. The molecule has 0 fully saturated rings. The van der Waals surface area contributed by atoms with Crippen LogP contribution < -0.4 is 4.74 Å². The Hall–Kier alpha value is -1.61. The van der Waals surface area contributed by atoms with Crippen LogP contribution in [0.25, 0.3) is 0 Å². The number of nitrogens with zero attached hydrogens (tertiary/aromatic N) is 2. The number of benzene rings is 1. The molecule has 0 aliphatic rings. The maximum Gasteiger partial charge on any atom is 0.239 e. The Morgan fingerprint density at radius 1 is 1.12 bits per heavy atom. The Morgan fingerprint density at radius 3 is 2.59 bits per heavy atom. The van der Waals surface area contributed by atoms with Crippen molar-refractivity contribution in [2.24, 2.45) is 0 Å². The molecular formula is C13H13ClN2O. The van der Waals surface area contributed by atoms with Crippen molar-refractivity contribution in [3.63, 3.8) is 0 Å². The molecule has 0 saturated carbocycles. The molecule has 0 amide bonds. The first kappa shape index (κ1) is 11.9. The monoisotopic (exact) mass is 248 g/mol. The van der Waals surface area contributed by atoms with Gasteiger partial charge in [-0.25, -0.2) is 0 Å². The summed E-state index contributed by atoms with van der Waals surface area (Å²) in [6, 6.07) is 4.09. The van der Waals surface area contributed by atoms with Gasteiger partial charge in [0.25, 0.3) is 0 Å². The van der Waals surface area contributed by atoms with Crippen LogP contribution in [-0.4, -0.2) is 9.97 Å². The average Bonchev–Trinajstić information content (AvgIpc) is 2.25. The summed E-state index contributed by atoms with van der Waals surface area (Å²) in [5.74, 6) is 1.20. The summed E-state index contributed by atoms with van der Waals surface area (Å²) in [6.45, 7) is 6.10. The number of hydrogen-bond acceptors (Lipinski definition) is 3. The third-order valence-corrected chi connectivity index (χ3v) is 2.74. The van der Waals surface area contributed by atoms with Crippen LogP contribution in [0.4, 0.5) is 0 Å². The predicted molar refractivity (Wildman–Crippen MR) is 67.8 cm³/mol. The summed E-state index contributed by atoms with van der Waals surface area (Å²) >= 11 is 5.76. The van der Waals surface area contributed by atoms with Crippen molar-refractivity contribution in [1.29, 1.82) is 0 Å². The fraction of sp³-hybridized carbons (Fsp3) is 0.231. The van der Waals surface area contributed by atoms with Crippen LogP contribution in [-0.2, 0) is 0 Å². The van der Waals surface area contributed by atoms with Gasteiger partial charge in [-0.15, -0.1) is 0 Å². The second kappa shape index (κ2) is 4.72. The highest BCUT2D eigenvalue weighted by Gasteiger charge is 2.06. The van der Waals surface area contributed by atoms with E-state index in [0.29, 0.717) is 11.0 Å². The molecule has 0 bridgehead atoms. The van der Waals surface area contributed by atoms with Crippen molar-refractivity contribution in [2.45, 2.75) is 20.8 Å². The summed E-state index contributed by atoms with van der Waals surface area (Å²) < 4.78 is 5.69. The second-order valence-electron chi connectivity index (χ2n) is 3.99. The van der Waals surface area contributed by atoms with Gasteiger partial charge in [-0.3, -0.25) is 4.98 Å². The molecule has 4 heteroatoms. The highest BCUT2D eigenvalue weighted by Crippen LogP contribution is 2.27. The average molecular weight is 249 g/mol. The lowest BCUT2D eigenvalue weighted by Crippen LogP contribution is -1.94. The molecule has 1 aromatic carbocycles. The molecule has 88 valence electrons. The van der Waals surface area contributed by atoms with Gasteiger partial charge in [-0.05, 0) is 43.5 Å². The molecule has 17 heavy (non-hydrogen) atoms. The minimum absolute atomic E-state index is 0.324. The quantitative estimate of drug-likeness (QED) is 0.810. The van der Waals surface area contributed by atoms with Crippen molar-refractivity contribution in [1.82, 2.24) is 9.97 Å². The van der Waals surface area contributed by atoms with Crippen LogP contribution in [0.1, 0.15) is 16.7 Å². The zero-order valence-electron chi connectivity index (χ0n) is 9.99. The zero-order chi connectivity index (χ0) is 12.4. The number of aromatic nitrogens is 2. The lowest BCUT2D eigenvalue weighted by atomic mass is 10.1. The molecule has 0 radical (unpaired) electrons. The van der Waals surface area contributed by atoms with E-state index >= 15 is 0 Å². The summed E-state index contributed by atoms with van der Waals surface area (Å²) in [6.07, 6.45) is 3.02. The molecular weight excluding hydrogens is 236 g/mol. The molecule has 0 unspecified atom stereocenters. The topological polar surface area (TPSA) is 35.0 Å². The molecule has 0 saturated heterocycles. The van der Waals surface area contributed by atoms with Crippen LogP contribution in [0.2, 0.25) is 5.15 Å². The highest BCUT2D eigenvalue weighted by atomic mass is 35.5. The lowest BCUT2D eigenvalue weighted by molar-refractivity contribution is 0.456. The van der Waals surface area contributed by atoms with E-state index in [4.69, 9.17) is 16.3 Å². The number of ether oxygens (including phenoxy) is 1. The molecule has 0 spiro atoms. The van der Waals surface area contributed by atoms with Gasteiger partial charge in [0.1, 0.15) is 5.75 Å². The smallest absolute Gasteiger partial charge is 0.239 e. The second-order valence-corrected chi connectivity index (χ2v) is 4.37. The van der Waals surface area contributed by atoms with Gasteiger partial charge in [-0.2, -0.15) is 4.98 Å². The number of halogens is 1. The zero-order valence-corrected chi connectivity index (χ0v) is 10.7. The first-order valence-corrected chi connectivity index (χ1v) is 5.67. The van der Waals surface area contributed by atoms with Crippen LogP contribution in [0.15, 0.2) is 24.5 Å². The van der Waals surface area contributed by atoms with Gasteiger partial charge in [0.05, 0.1) is 12.4 Å². The molecule has 1 aromatic heterocycles. The Labute approximate surface area is 105 Å². The van der Waals surface area contributed by atoms with Crippen molar-refractivity contribution < 1.29 is 4.74 Å². The maximum atomic E-state index is 5.76. The standard InChI is InChI=1S/C13H13ClN2O/c1-8-4-9(2)10(3)11(5-8)17-13-7-15-6-12(14)16-13/h4-7H,1-3H3. The maximum absolute atomic E-state index is 5.76. The predicted octanol–water partition coefficient (Wildman–Crippen LogP) is 3.85. The van der Waals surface area contributed by atoms with Gasteiger partial charge in [0.15, 0.2) is 5.15 Å². The number of hydrogen-bond donors (Lipinski definition) is 0. The third-order valence-electron chi connectivity index (χ3n) is 2.56. The Balaban J connectivity index is 2.36. The van der Waals surface area contributed by atoms with Crippen molar-refractivity contribution >= 4 is 11.6 Å². The molecule has 3 nitrogen and oxygen atoms in total. The first-order valence-electron chi connectivity index (χ1n) is 5.29. The fourth-order valence-electron chi connectivity index (χ4n) is 1.59. The van der Waals surface area contributed by atoms with E-state index in [1.165, 1.54) is 11.8 Å². The van der Waals surface area contributed by atoms with Crippen molar-refractivity contribution in [3.05, 3.63) is 46.4 Å². The van der Waals surface area contributed by atoms with E-state index in [0.717, 1.165) is 16.9 Å². The third kappa shape index (κ3) is 2.74. The first-order chi connectivity index (χ1) is 8.06. The minimum Gasteiger partial charge on any atom is -0.437 e. The van der Waals surface area contributed by atoms with E-state index in [9.17, 15) is 0 Å². The Bertz CT molecular complexity index is 555. The Kier molecular flexibility index (Phi) is 3.29. The van der Waals surface area contributed by atoms with Gasteiger partial charge >= 0.3 is 0 Å². The summed E-state index contributed by atoms with van der Waals surface area (Å²) in [5.41, 5.74) is 3.44. The molecule has 0 N–H and O–H groups in total. The molecule has 2 aromatic rings. The van der Waals surface area contributed by atoms with Crippen LogP contribution in [0, 0.1) is 20.8 Å². The lowest BCUT2D eigenvalue weighted by Gasteiger charge is -2.11. The molecule has 2 rings (SSSR count). The van der Waals surface area contributed by atoms with Gasteiger partial charge in [0, 0.05) is 0 Å². The minimum atomic E-state index is 0.324. The van der Waals surface area contributed by atoms with Crippen LogP contribution >= 0.6 is 11.6 Å². The van der Waals surface area contributed by atoms with E-state index in [2.05, 4.69) is 23.0 Å². The van der Waals surface area contributed by atoms with E-state index in [1.54, 1.807) is 6.20 Å². The molecule has 0 aliphatic heterocycles. The van der Waals surface area contributed by atoms with Gasteiger partial charge in [0.2, 0.25) is 5.88 Å². The largest absolute Gasteiger partial charge is 0.437 e. The number of rotatable bonds is 2. The summed E-state index contributed by atoms with van der Waals surface area (Å²) in [5, 5.41) is 0.324. The molecule has 1 heterocycles. The molecule has 0 aliphatic carbocycles. The normalized spacial score (nSPS) is 10.4. The highest BCUT2D eigenvalue weighted by molar-refractivity contribution is 6.29. The van der Waals surface area contributed by atoms with Crippen LogP contribution in [0.3, 0.4) is 0 Å². The van der Waals surface area contributed by atoms with E-state index in [-0.39, 0.29) is 0 Å². The van der Waals surface area contributed by atoms with Gasteiger partial charge in [-0.1, -0.05) is 17.7 Å². The van der Waals surface area contributed by atoms with E-state index in [1.807, 2.05) is 19.9 Å².